The number of anilines is 2. The van der Waals surface area contributed by atoms with Gasteiger partial charge in [0, 0.05) is 92.8 Å². The molecule has 5 aromatic rings. The summed E-state index contributed by atoms with van der Waals surface area (Å²) in [5.41, 5.74) is 3.80. The van der Waals surface area contributed by atoms with E-state index in [1.165, 1.54) is 34.2 Å². The zero-order chi connectivity index (χ0) is 46.1. The fourth-order valence-corrected chi connectivity index (χ4v) is 9.78. The fourth-order valence-electron chi connectivity index (χ4n) is 9.25. The molecule has 4 aliphatic heterocycles. The Balaban J connectivity index is 0.795. The van der Waals surface area contributed by atoms with Gasteiger partial charge in [0.15, 0.2) is 11.2 Å². The molecule has 66 heavy (non-hydrogen) atoms. The van der Waals surface area contributed by atoms with Gasteiger partial charge in [-0.15, -0.1) is 11.3 Å². The molecule has 4 aliphatic rings. The smallest absolute Gasteiger partial charge is 0.257 e. The van der Waals surface area contributed by atoms with Gasteiger partial charge in [0.1, 0.15) is 17.7 Å². The number of carbonyl (C=O) groups excluding carboxylic acids is 4. The summed E-state index contributed by atoms with van der Waals surface area (Å²) in [5, 5.41) is 26.8. The van der Waals surface area contributed by atoms with E-state index >= 15 is 8.78 Å². The average molecular weight is 920 g/mol. The van der Waals surface area contributed by atoms with Crippen molar-refractivity contribution in [2.75, 3.05) is 49.5 Å². The molecule has 16 nitrogen and oxygen atoms in total. The summed E-state index contributed by atoms with van der Waals surface area (Å²) >= 11 is 1.30. The third-order valence-electron chi connectivity index (χ3n) is 13.1. The molecule has 3 saturated heterocycles. The third-order valence-corrected chi connectivity index (χ3v) is 13.8. The van der Waals surface area contributed by atoms with Crippen molar-refractivity contribution in [2.45, 2.75) is 76.1 Å². The second-order valence-electron chi connectivity index (χ2n) is 17.3. The molecule has 0 radical (unpaired) electrons. The lowest BCUT2D eigenvalue weighted by molar-refractivity contribution is -0.139. The van der Waals surface area contributed by atoms with E-state index in [0.29, 0.717) is 91.8 Å². The van der Waals surface area contributed by atoms with Gasteiger partial charge in [-0.05, 0) is 86.6 Å². The van der Waals surface area contributed by atoms with Crippen LogP contribution in [0.5, 0.6) is 0 Å². The molecule has 3 aromatic heterocycles. The van der Waals surface area contributed by atoms with E-state index in [2.05, 4.69) is 37.4 Å². The fraction of sp³-hybridized carbons (Fsp3) is 0.383. The number of hydrogen-bond donors (Lipinski definition) is 4. The standard InChI is InChI=1S/C47H51F2N11O5S/c1-3-32(52-37-10-11-40(61)53-44(37)63)25-35(48)29(2)56-16-12-47(65,13-17-56)26-41(62)58-20-18-57(19-21-58)33-8-6-30(7-9-33)31-23-36(49)34-27-60(55-38(34)24-31)43(45(64)54-46-50-14-22-66-46)42-39-5-4-15-59(39)28-51-42/h3,6-9,14,22-25,27-28,37,43,52,65H,1,4-5,10-13,15-21,26H2,2H3,(H,50,54,64)(H,53,61,63)/b32-25+,35-29-. The van der Waals surface area contributed by atoms with E-state index in [4.69, 9.17) is 5.10 Å². The van der Waals surface area contributed by atoms with Gasteiger partial charge in [0.25, 0.3) is 5.91 Å². The van der Waals surface area contributed by atoms with E-state index in [-0.39, 0.29) is 35.9 Å². The number of nitrogens with one attached hydrogen (secondary N) is 3. The minimum absolute atomic E-state index is 0.0256. The number of piperazine rings is 1. The lowest BCUT2D eigenvalue weighted by Gasteiger charge is -2.41. The number of allylic oxidation sites excluding steroid dienone is 4. The Labute approximate surface area is 383 Å². The van der Waals surface area contributed by atoms with Gasteiger partial charge in [0.2, 0.25) is 17.7 Å². The van der Waals surface area contributed by atoms with E-state index < -0.39 is 35.2 Å². The predicted octanol–water partition coefficient (Wildman–Crippen LogP) is 5.20. The van der Waals surface area contributed by atoms with Crippen molar-refractivity contribution in [3.63, 3.8) is 0 Å². The number of hydrogen-bond acceptors (Lipinski definition) is 12. The molecule has 0 bridgehead atoms. The first-order valence-electron chi connectivity index (χ1n) is 22.2. The number of nitrogens with zero attached hydrogens (tertiary/aromatic N) is 8. The molecule has 9 rings (SSSR count). The van der Waals surface area contributed by atoms with Crippen LogP contribution in [0.25, 0.3) is 22.0 Å². The van der Waals surface area contributed by atoms with E-state index in [9.17, 15) is 24.3 Å². The molecule has 344 valence electrons. The van der Waals surface area contributed by atoms with Crippen LogP contribution in [0.15, 0.2) is 96.5 Å². The molecule has 0 aliphatic carbocycles. The number of rotatable bonds is 13. The van der Waals surface area contributed by atoms with Crippen molar-refractivity contribution < 1.29 is 33.1 Å². The van der Waals surface area contributed by atoms with Crippen LogP contribution in [0.4, 0.5) is 19.6 Å². The van der Waals surface area contributed by atoms with Crippen LogP contribution in [-0.2, 0) is 32.1 Å². The molecule has 7 heterocycles. The zero-order valence-electron chi connectivity index (χ0n) is 36.5. The number of halogens is 2. The topological polar surface area (TPSA) is 183 Å². The van der Waals surface area contributed by atoms with Crippen LogP contribution < -0.4 is 20.9 Å². The Morgan fingerprint density at radius 2 is 1.80 bits per heavy atom. The van der Waals surface area contributed by atoms with Crippen LogP contribution >= 0.6 is 11.3 Å². The maximum absolute atomic E-state index is 15.8. The van der Waals surface area contributed by atoms with Crippen molar-refractivity contribution in [1.29, 1.82) is 0 Å². The number of benzene rings is 2. The van der Waals surface area contributed by atoms with Crippen molar-refractivity contribution in [2.24, 2.45) is 0 Å². The van der Waals surface area contributed by atoms with Gasteiger partial charge in [-0.2, -0.15) is 5.10 Å². The quantitative estimate of drug-likeness (QED) is 0.0900. The third kappa shape index (κ3) is 9.35. The highest BCUT2D eigenvalue weighted by atomic mass is 32.1. The first-order chi connectivity index (χ1) is 31.8. The molecule has 0 spiro atoms. The van der Waals surface area contributed by atoms with Crippen LogP contribution in [0.2, 0.25) is 0 Å². The molecule has 2 unspecified atom stereocenters. The van der Waals surface area contributed by atoms with Crippen LogP contribution in [0.1, 0.15) is 62.9 Å². The van der Waals surface area contributed by atoms with Crippen LogP contribution in [-0.4, -0.2) is 114 Å². The Kier molecular flexibility index (Phi) is 12.6. The Morgan fingerprint density at radius 1 is 1.03 bits per heavy atom. The van der Waals surface area contributed by atoms with Crippen molar-refractivity contribution in [1.82, 2.24) is 44.7 Å². The average Bonchev–Trinajstić information content (AvgIpc) is 4.15. The molecule has 2 aromatic carbocycles. The number of amides is 4. The highest BCUT2D eigenvalue weighted by molar-refractivity contribution is 7.13. The van der Waals surface area contributed by atoms with Crippen LogP contribution in [0, 0.1) is 5.82 Å². The number of imide groups is 1. The number of aryl methyl sites for hydroxylation is 1. The summed E-state index contributed by atoms with van der Waals surface area (Å²) in [4.78, 5) is 65.5. The number of fused-ring (bicyclic) bond motifs is 2. The molecule has 0 saturated carbocycles. The SMILES string of the molecule is C=C/C(=C\C(F)=C(/C)N1CCC(O)(CC(=O)N2CCN(c3ccc(-c4cc(F)c5cn(C(C(=O)Nc6nccs6)c6ncn7c6CCC7)nc5c4)cc3)CC2)CC1)NC1CCC(=O)NC1=O. The second kappa shape index (κ2) is 18.6. The largest absolute Gasteiger partial charge is 0.389 e. The second-order valence-corrected chi connectivity index (χ2v) is 18.2. The van der Waals surface area contributed by atoms with Gasteiger partial charge >= 0.3 is 0 Å². The molecule has 4 N–H and O–H groups in total. The Bertz CT molecular complexity index is 2730. The number of carbonyl (C=O) groups is 4. The summed E-state index contributed by atoms with van der Waals surface area (Å²) in [7, 11) is 0. The maximum atomic E-state index is 15.8. The number of piperidine rings is 2. The Hall–Kier alpha value is -6.73. The maximum Gasteiger partial charge on any atom is 0.257 e. The molecular weight excluding hydrogens is 869 g/mol. The molecule has 19 heteroatoms. The van der Waals surface area contributed by atoms with Gasteiger partial charge in [-0.3, -0.25) is 34.5 Å². The molecule has 3 fully saturated rings. The lowest BCUT2D eigenvalue weighted by atomic mass is 9.87. The molecule has 4 amide bonds. The zero-order valence-corrected chi connectivity index (χ0v) is 37.3. The van der Waals surface area contributed by atoms with E-state index in [0.717, 1.165) is 36.3 Å². The van der Waals surface area contributed by atoms with Gasteiger partial charge in [-0.25, -0.2) is 18.7 Å². The van der Waals surface area contributed by atoms with Crippen molar-refractivity contribution >= 4 is 56.7 Å². The number of thiazole rings is 1. The normalized spacial score (nSPS) is 19.6. The Morgan fingerprint density at radius 3 is 2.52 bits per heavy atom. The summed E-state index contributed by atoms with van der Waals surface area (Å²) in [6.45, 7) is 9.05. The van der Waals surface area contributed by atoms with Gasteiger partial charge in [0.05, 0.1) is 34.9 Å². The van der Waals surface area contributed by atoms with Crippen molar-refractivity contribution in [3.8, 4) is 11.1 Å². The van der Waals surface area contributed by atoms with E-state index in [1.807, 2.05) is 39.8 Å². The van der Waals surface area contributed by atoms with Crippen LogP contribution in [0.3, 0.4) is 0 Å². The van der Waals surface area contributed by atoms with Gasteiger partial charge in [-0.1, -0.05) is 18.7 Å². The molecule has 2 atom stereocenters. The first-order valence-corrected chi connectivity index (χ1v) is 23.1. The summed E-state index contributed by atoms with van der Waals surface area (Å²) in [6.07, 6.45) is 10.4. The summed E-state index contributed by atoms with van der Waals surface area (Å²) < 4.78 is 34.8. The number of aromatic nitrogens is 5. The highest BCUT2D eigenvalue weighted by Crippen LogP contribution is 2.34. The summed E-state index contributed by atoms with van der Waals surface area (Å²) in [5.74, 6) is -2.28. The minimum Gasteiger partial charge on any atom is -0.389 e. The lowest BCUT2D eigenvalue weighted by Crippen LogP contribution is -2.52. The monoisotopic (exact) mass is 919 g/mol. The number of imidazole rings is 1. The minimum atomic E-state index is -1.22. The van der Waals surface area contributed by atoms with Gasteiger partial charge < -0.3 is 29.7 Å². The van der Waals surface area contributed by atoms with E-state index in [1.54, 1.807) is 35.9 Å². The van der Waals surface area contributed by atoms with Crippen molar-refractivity contribution in [3.05, 3.63) is 114 Å². The summed E-state index contributed by atoms with van der Waals surface area (Å²) in [6, 6.07) is 9.51. The highest BCUT2D eigenvalue weighted by Gasteiger charge is 2.37. The molecular formula is C47H51F2N11O5S. The number of aliphatic hydroxyl groups is 1. The number of likely N-dealkylation sites (tertiary alicyclic amines) is 1. The predicted molar refractivity (Wildman–Crippen MR) is 245 cm³/mol. The first kappa shape index (κ1) is 44.5.